The second-order valence-electron chi connectivity index (χ2n) is 5.27. The molecule has 0 aliphatic carbocycles. The minimum absolute atomic E-state index is 0.307. The largest absolute Gasteiger partial charge is 0.450 e. The van der Waals surface area contributed by atoms with Crippen LogP contribution in [-0.4, -0.2) is 24.1 Å². The van der Waals surface area contributed by atoms with Gasteiger partial charge in [0.15, 0.2) is 0 Å². The number of fused-ring (bicyclic) bond motifs is 1. The van der Waals surface area contributed by atoms with Crippen molar-refractivity contribution in [3.05, 3.63) is 71.0 Å². The lowest BCUT2D eigenvalue weighted by molar-refractivity contribution is 0.0932. The normalized spacial score (nSPS) is 17.0. The molecule has 2 aromatic rings. The van der Waals surface area contributed by atoms with E-state index in [9.17, 15) is 9.18 Å². The molecule has 0 bridgehead atoms. The summed E-state index contributed by atoms with van der Waals surface area (Å²) in [5.41, 5.74) is 2.62. The Morgan fingerprint density at radius 1 is 1.18 bits per heavy atom. The molecule has 3 rings (SSSR count). The van der Waals surface area contributed by atoms with Crippen LogP contribution in [0.15, 0.2) is 48.5 Å². The number of rotatable bonds is 2. The molecule has 0 N–H and O–H groups in total. The predicted molar refractivity (Wildman–Crippen MR) is 82.1 cm³/mol. The minimum atomic E-state index is -0.440. The van der Waals surface area contributed by atoms with Crippen molar-refractivity contribution in [3.8, 4) is 0 Å². The average molecular weight is 299 g/mol. The molecular weight excluding hydrogens is 281 g/mol. The quantitative estimate of drug-likeness (QED) is 0.841. The lowest BCUT2D eigenvalue weighted by Crippen LogP contribution is -2.41. The number of hydrogen-bond acceptors (Lipinski definition) is 2. The molecule has 1 aliphatic rings. The van der Waals surface area contributed by atoms with Crippen LogP contribution < -0.4 is 0 Å². The zero-order valence-electron chi connectivity index (χ0n) is 12.5. The highest BCUT2D eigenvalue weighted by Crippen LogP contribution is 2.36. The van der Waals surface area contributed by atoms with Gasteiger partial charge in [-0.1, -0.05) is 42.5 Å². The molecule has 1 amide bonds. The molecule has 0 fully saturated rings. The molecule has 1 heterocycles. The maximum atomic E-state index is 14.3. The summed E-state index contributed by atoms with van der Waals surface area (Å²) in [6.45, 7) is 2.60. The van der Waals surface area contributed by atoms with Crippen LogP contribution >= 0.6 is 0 Å². The monoisotopic (exact) mass is 299 g/mol. The first-order chi connectivity index (χ1) is 10.7. The van der Waals surface area contributed by atoms with Gasteiger partial charge in [-0.15, -0.1) is 0 Å². The molecule has 1 atom stereocenters. The Kier molecular flexibility index (Phi) is 4.09. The first kappa shape index (κ1) is 14.6. The minimum Gasteiger partial charge on any atom is -0.450 e. The van der Waals surface area contributed by atoms with E-state index in [1.165, 1.54) is 6.07 Å². The summed E-state index contributed by atoms with van der Waals surface area (Å²) in [4.78, 5) is 13.9. The molecule has 0 radical (unpaired) electrons. The number of hydrogen-bond donors (Lipinski definition) is 0. The fourth-order valence-corrected chi connectivity index (χ4v) is 3.00. The second-order valence-corrected chi connectivity index (χ2v) is 5.27. The van der Waals surface area contributed by atoms with Crippen LogP contribution in [-0.2, 0) is 11.2 Å². The van der Waals surface area contributed by atoms with Crippen LogP contribution in [0.5, 0.6) is 0 Å². The van der Waals surface area contributed by atoms with Crippen molar-refractivity contribution in [1.82, 2.24) is 4.90 Å². The van der Waals surface area contributed by atoms with Crippen LogP contribution in [0.25, 0.3) is 0 Å². The zero-order chi connectivity index (χ0) is 15.5. The van der Waals surface area contributed by atoms with Crippen LogP contribution in [0.2, 0.25) is 0 Å². The highest BCUT2D eigenvalue weighted by Gasteiger charge is 2.34. The Morgan fingerprint density at radius 2 is 1.86 bits per heavy atom. The van der Waals surface area contributed by atoms with E-state index >= 15 is 0 Å². The van der Waals surface area contributed by atoms with E-state index in [4.69, 9.17) is 4.74 Å². The van der Waals surface area contributed by atoms with Gasteiger partial charge in [0.2, 0.25) is 0 Å². The van der Waals surface area contributed by atoms with E-state index in [2.05, 4.69) is 0 Å². The molecule has 1 aliphatic heterocycles. The van der Waals surface area contributed by atoms with Crippen LogP contribution in [0.4, 0.5) is 9.18 Å². The van der Waals surface area contributed by atoms with Gasteiger partial charge in [-0.2, -0.15) is 0 Å². The summed E-state index contributed by atoms with van der Waals surface area (Å²) in [5, 5.41) is 0. The maximum absolute atomic E-state index is 14.3. The fourth-order valence-electron chi connectivity index (χ4n) is 3.00. The Bertz CT molecular complexity index is 686. The fraction of sp³-hybridized carbons (Fsp3) is 0.278. The number of ether oxygens (including phenoxy) is 1. The molecule has 0 spiro atoms. The van der Waals surface area contributed by atoms with E-state index in [-0.39, 0.29) is 5.82 Å². The highest BCUT2D eigenvalue weighted by molar-refractivity contribution is 5.70. The summed E-state index contributed by atoms with van der Waals surface area (Å²) in [6.07, 6.45) is 0.352. The summed E-state index contributed by atoms with van der Waals surface area (Å²) in [7, 11) is 0. The van der Waals surface area contributed by atoms with Gasteiger partial charge < -0.3 is 4.74 Å². The van der Waals surface area contributed by atoms with Gasteiger partial charge in [0.25, 0.3) is 0 Å². The molecule has 4 heteroatoms. The van der Waals surface area contributed by atoms with Gasteiger partial charge in [0.1, 0.15) is 5.82 Å². The first-order valence-corrected chi connectivity index (χ1v) is 7.48. The lowest BCUT2D eigenvalue weighted by Gasteiger charge is -2.37. The summed E-state index contributed by atoms with van der Waals surface area (Å²) >= 11 is 0. The molecule has 22 heavy (non-hydrogen) atoms. The van der Waals surface area contributed by atoms with Gasteiger partial charge in [-0.25, -0.2) is 9.18 Å². The van der Waals surface area contributed by atoms with E-state index < -0.39 is 12.1 Å². The van der Waals surface area contributed by atoms with Gasteiger partial charge in [-0.3, -0.25) is 4.90 Å². The lowest BCUT2D eigenvalue weighted by atomic mass is 9.88. The number of nitrogens with zero attached hydrogens (tertiary/aromatic N) is 1. The Labute approximate surface area is 129 Å². The van der Waals surface area contributed by atoms with E-state index in [1.807, 2.05) is 24.3 Å². The van der Waals surface area contributed by atoms with Crippen LogP contribution in [0.1, 0.15) is 29.7 Å². The van der Waals surface area contributed by atoms with Crippen molar-refractivity contribution in [2.45, 2.75) is 19.4 Å². The van der Waals surface area contributed by atoms with Crippen molar-refractivity contribution in [1.29, 1.82) is 0 Å². The molecule has 1 unspecified atom stereocenters. The van der Waals surface area contributed by atoms with E-state index in [0.717, 1.165) is 17.5 Å². The molecule has 0 aromatic heterocycles. The first-order valence-electron chi connectivity index (χ1n) is 7.48. The second kappa shape index (κ2) is 6.18. The van der Waals surface area contributed by atoms with Gasteiger partial charge >= 0.3 is 6.09 Å². The molecular formula is C18H18FNO2. The number of carbonyl (C=O) groups excluding carboxylic acids is 1. The summed E-state index contributed by atoms with van der Waals surface area (Å²) < 4.78 is 19.5. The molecule has 0 saturated carbocycles. The van der Waals surface area contributed by atoms with Gasteiger partial charge in [0.05, 0.1) is 12.6 Å². The molecule has 0 saturated heterocycles. The van der Waals surface area contributed by atoms with Gasteiger partial charge in [-0.05, 0) is 30.5 Å². The Balaban J connectivity index is 2.10. The van der Waals surface area contributed by atoms with E-state index in [1.54, 1.807) is 30.0 Å². The number of halogens is 1. The average Bonchev–Trinajstić information content (AvgIpc) is 2.54. The zero-order valence-corrected chi connectivity index (χ0v) is 12.5. The Morgan fingerprint density at radius 3 is 2.59 bits per heavy atom. The summed E-state index contributed by atoms with van der Waals surface area (Å²) in [5.74, 6) is -0.307. The molecule has 114 valence electrons. The van der Waals surface area contributed by atoms with Crippen molar-refractivity contribution >= 4 is 6.09 Å². The van der Waals surface area contributed by atoms with Crippen molar-refractivity contribution in [2.75, 3.05) is 13.2 Å². The number of carbonyl (C=O) groups is 1. The van der Waals surface area contributed by atoms with Gasteiger partial charge in [0, 0.05) is 12.1 Å². The van der Waals surface area contributed by atoms with Crippen molar-refractivity contribution in [3.63, 3.8) is 0 Å². The molecule has 3 nitrogen and oxygen atoms in total. The maximum Gasteiger partial charge on any atom is 0.410 e. The molecule has 2 aromatic carbocycles. The van der Waals surface area contributed by atoms with Crippen LogP contribution in [0, 0.1) is 5.82 Å². The standard InChI is InChI=1S/C18H18FNO2/c1-2-22-18(21)20-12-11-13-7-3-4-8-14(13)17(20)15-9-5-6-10-16(15)19/h3-10,17H,2,11-12H2,1H3. The van der Waals surface area contributed by atoms with Crippen LogP contribution in [0.3, 0.4) is 0 Å². The number of amides is 1. The third-order valence-electron chi connectivity index (χ3n) is 3.99. The SMILES string of the molecule is CCOC(=O)N1CCc2ccccc2C1c1ccccc1F. The topological polar surface area (TPSA) is 29.5 Å². The summed E-state index contributed by atoms with van der Waals surface area (Å²) in [6, 6.07) is 14.0. The third kappa shape index (κ3) is 2.56. The van der Waals surface area contributed by atoms with E-state index in [0.29, 0.717) is 18.7 Å². The van der Waals surface area contributed by atoms with Crippen molar-refractivity contribution in [2.24, 2.45) is 0 Å². The Hall–Kier alpha value is -2.36. The number of benzene rings is 2. The smallest absolute Gasteiger partial charge is 0.410 e. The predicted octanol–water partition coefficient (Wildman–Crippen LogP) is 3.93. The third-order valence-corrected chi connectivity index (χ3v) is 3.99. The van der Waals surface area contributed by atoms with Crippen molar-refractivity contribution < 1.29 is 13.9 Å². The highest BCUT2D eigenvalue weighted by atomic mass is 19.1.